The third kappa shape index (κ3) is 2.67. The molecule has 2 atom stereocenters. The first-order valence-corrected chi connectivity index (χ1v) is 8.48. The molecule has 1 aromatic carbocycles. The van der Waals surface area contributed by atoms with Crippen LogP contribution in [-0.2, 0) is 12.7 Å². The largest absolute Gasteiger partial charge is 0.474 e. The summed E-state index contributed by atoms with van der Waals surface area (Å²) in [5.74, 6) is -0.981. The maximum Gasteiger partial charge on any atom is 0.390 e. The van der Waals surface area contributed by atoms with Gasteiger partial charge in [-0.3, -0.25) is 0 Å². The van der Waals surface area contributed by atoms with Crippen LogP contribution in [0.1, 0.15) is 15.2 Å². The second kappa shape index (κ2) is 5.76. The number of thiazole rings is 1. The summed E-state index contributed by atoms with van der Waals surface area (Å²) >= 11 is 0. The molecule has 2 N–H and O–H groups in total. The smallest absolute Gasteiger partial charge is 0.390 e. The third-order valence-electron chi connectivity index (χ3n) is 3.64. The predicted octanol–water partition coefficient (Wildman–Crippen LogP) is 2.21. The molecule has 0 saturated carbocycles. The van der Waals surface area contributed by atoms with Gasteiger partial charge in [-0.2, -0.15) is 4.98 Å². The average molecular weight is 318 g/mol. The Morgan fingerprint density at radius 1 is 1.45 bits per heavy atom. The van der Waals surface area contributed by atoms with E-state index in [1.54, 1.807) is 11.2 Å². The zero-order valence-corrected chi connectivity index (χ0v) is 12.8. The van der Waals surface area contributed by atoms with Crippen LogP contribution in [0.2, 0.25) is 0 Å². The first-order chi connectivity index (χ1) is 10.6. The first-order valence-electron chi connectivity index (χ1n) is 6.85. The van der Waals surface area contributed by atoms with Gasteiger partial charge in [0.25, 0.3) is 4.88 Å². The van der Waals surface area contributed by atoms with E-state index >= 15 is 0 Å². The van der Waals surface area contributed by atoms with Gasteiger partial charge in [-0.1, -0.05) is 30.3 Å². The Kier molecular flexibility index (Phi) is 3.81. The number of anilines is 1. The van der Waals surface area contributed by atoms with Gasteiger partial charge in [0.2, 0.25) is 0 Å². The number of nitrogens with zero attached hydrogens (tertiary/aromatic N) is 2. The van der Waals surface area contributed by atoms with E-state index in [9.17, 15) is 9.59 Å². The highest BCUT2D eigenvalue weighted by molar-refractivity contribution is 7.34. The summed E-state index contributed by atoms with van der Waals surface area (Å²) in [6.45, 7) is 0.505. The number of hydrogen-bond acceptors (Lipinski definition) is 3. The quantitative estimate of drug-likeness (QED) is 0.847. The van der Waals surface area contributed by atoms with Crippen molar-refractivity contribution in [2.75, 3.05) is 11.4 Å². The Balaban J connectivity index is 1.76. The van der Waals surface area contributed by atoms with Gasteiger partial charge in [0.05, 0.1) is 12.6 Å². The Bertz CT molecular complexity index is 714. The first kappa shape index (κ1) is 14.5. The average Bonchev–Trinajstić information content (AvgIpc) is 3.03. The van der Waals surface area contributed by atoms with Crippen molar-refractivity contribution in [1.82, 2.24) is 10.3 Å². The van der Waals surface area contributed by atoms with Crippen molar-refractivity contribution < 1.29 is 14.7 Å². The second-order valence-electron chi connectivity index (χ2n) is 5.17. The van der Waals surface area contributed by atoms with Crippen molar-refractivity contribution in [3.8, 4) is 0 Å². The number of carboxylic acid groups (broad SMARTS) is 1. The molecule has 1 aliphatic rings. The SMILES string of the molecule is C[s+]1c(C(=O)O)cnc1N1C[C@@H](Cc2ccccc2)NC1=O. The van der Waals surface area contributed by atoms with E-state index in [0.717, 1.165) is 12.0 Å². The number of aromatic nitrogens is 1. The molecule has 3 rings (SSSR count). The summed E-state index contributed by atoms with van der Waals surface area (Å²) in [7, 11) is -0.674. The molecule has 1 aromatic heterocycles. The minimum absolute atomic E-state index is 0.00322. The number of hydrogen-bond donors (Lipinski definition) is 2. The van der Waals surface area contributed by atoms with Gasteiger partial charge in [-0.25, -0.2) is 14.5 Å². The molecule has 1 fully saturated rings. The van der Waals surface area contributed by atoms with Crippen molar-refractivity contribution in [3.63, 3.8) is 0 Å². The molecule has 0 bridgehead atoms. The molecule has 1 unspecified atom stereocenters. The molecule has 1 aliphatic heterocycles. The van der Waals surface area contributed by atoms with E-state index in [2.05, 4.69) is 10.3 Å². The Morgan fingerprint density at radius 2 is 2.18 bits per heavy atom. The fraction of sp³-hybridized carbons (Fsp3) is 0.267. The standard InChI is InChI=1S/C15H15N3O3S/c1-22-12(13(19)20)8-16-15(22)18-9-11(17-14(18)21)7-10-5-3-2-4-6-10/h2-6,8,11H,7,9H2,1H3,(H-,17,19,20,21)/p+1/t11-,22?/m1/s1. The van der Waals surface area contributed by atoms with Crippen LogP contribution in [0.3, 0.4) is 0 Å². The molecular formula is C15H16N3O3S+. The molecule has 2 amide bonds. The molecule has 22 heavy (non-hydrogen) atoms. The number of nitrogens with one attached hydrogen (secondary N) is 1. The van der Waals surface area contributed by atoms with Gasteiger partial charge < -0.3 is 10.4 Å². The highest BCUT2D eigenvalue weighted by atomic mass is 32.2. The molecule has 6 nitrogen and oxygen atoms in total. The lowest BCUT2D eigenvalue weighted by Crippen LogP contribution is -2.29. The summed E-state index contributed by atoms with van der Waals surface area (Å²) in [5, 5.41) is 12.6. The number of rotatable bonds is 4. The van der Waals surface area contributed by atoms with Gasteiger partial charge in [0.15, 0.2) is 0 Å². The van der Waals surface area contributed by atoms with E-state index in [4.69, 9.17) is 5.11 Å². The number of urea groups is 1. The van der Waals surface area contributed by atoms with E-state index in [-0.39, 0.29) is 17.0 Å². The molecule has 114 valence electrons. The van der Waals surface area contributed by atoms with Crippen LogP contribution < -0.4 is 10.2 Å². The minimum atomic E-state index is -0.981. The lowest BCUT2D eigenvalue weighted by atomic mass is 10.1. The van der Waals surface area contributed by atoms with Crippen molar-refractivity contribution in [2.24, 2.45) is 6.26 Å². The van der Waals surface area contributed by atoms with Crippen LogP contribution in [0, 0.1) is 0 Å². The normalized spacial score (nSPS) is 18.4. The number of benzene rings is 1. The topological polar surface area (TPSA) is 82.5 Å². The van der Waals surface area contributed by atoms with Crippen LogP contribution in [0.15, 0.2) is 36.5 Å². The summed E-state index contributed by atoms with van der Waals surface area (Å²) in [6, 6.07) is 9.74. The van der Waals surface area contributed by atoms with Crippen molar-refractivity contribution in [2.45, 2.75) is 12.5 Å². The lowest BCUT2D eigenvalue weighted by molar-refractivity contribution is 0.0701. The molecule has 7 heteroatoms. The minimum Gasteiger partial charge on any atom is -0.474 e. The van der Waals surface area contributed by atoms with Crippen molar-refractivity contribution in [3.05, 3.63) is 47.0 Å². The summed E-state index contributed by atoms with van der Waals surface area (Å²) < 4.78 is 0. The summed E-state index contributed by atoms with van der Waals surface area (Å²) in [5.41, 5.74) is 1.16. The van der Waals surface area contributed by atoms with E-state index in [1.165, 1.54) is 6.20 Å². The van der Waals surface area contributed by atoms with Crippen LogP contribution in [-0.4, -0.2) is 34.7 Å². The highest BCUT2D eigenvalue weighted by Gasteiger charge is 2.38. The molecule has 0 aliphatic carbocycles. The molecule has 1 saturated heterocycles. The van der Waals surface area contributed by atoms with Crippen LogP contribution in [0.4, 0.5) is 9.93 Å². The lowest BCUT2D eigenvalue weighted by Gasteiger charge is -2.09. The predicted molar refractivity (Wildman–Crippen MR) is 84.5 cm³/mol. The molecule has 0 radical (unpaired) electrons. The van der Waals surface area contributed by atoms with Crippen LogP contribution in [0.25, 0.3) is 0 Å². The van der Waals surface area contributed by atoms with E-state index in [1.807, 2.05) is 30.3 Å². The summed E-state index contributed by atoms with van der Waals surface area (Å²) in [4.78, 5) is 29.2. The molecule has 0 spiro atoms. The van der Waals surface area contributed by atoms with Crippen LogP contribution >= 0.6 is 10.5 Å². The Morgan fingerprint density at radius 3 is 2.82 bits per heavy atom. The van der Waals surface area contributed by atoms with Crippen LogP contribution in [0.5, 0.6) is 0 Å². The fourth-order valence-corrected chi connectivity index (χ4v) is 3.94. The number of carbonyl (C=O) groups is 2. The molecule has 2 heterocycles. The van der Waals surface area contributed by atoms with Gasteiger partial charge in [-0.05, 0) is 12.0 Å². The van der Waals surface area contributed by atoms with Gasteiger partial charge in [0, 0.05) is 10.5 Å². The monoisotopic (exact) mass is 318 g/mol. The van der Waals surface area contributed by atoms with Crippen molar-refractivity contribution in [1.29, 1.82) is 0 Å². The van der Waals surface area contributed by atoms with Gasteiger partial charge in [-0.15, -0.1) is 0 Å². The zero-order valence-electron chi connectivity index (χ0n) is 12.0. The Hall–Kier alpha value is -2.41. The molecule has 2 aromatic rings. The van der Waals surface area contributed by atoms with Crippen molar-refractivity contribution >= 4 is 27.6 Å². The number of amides is 2. The number of carbonyl (C=O) groups excluding carboxylic acids is 1. The van der Waals surface area contributed by atoms with Gasteiger partial charge >= 0.3 is 17.1 Å². The number of aromatic carboxylic acids is 1. The summed E-state index contributed by atoms with van der Waals surface area (Å²) in [6.07, 6.45) is 3.87. The Labute approximate surface area is 130 Å². The van der Waals surface area contributed by atoms with E-state index < -0.39 is 16.4 Å². The third-order valence-corrected chi connectivity index (χ3v) is 5.45. The second-order valence-corrected chi connectivity index (χ2v) is 6.99. The maximum atomic E-state index is 12.2. The van der Waals surface area contributed by atoms with E-state index in [0.29, 0.717) is 11.7 Å². The fourth-order valence-electron chi connectivity index (χ4n) is 2.57. The molecular weight excluding hydrogens is 302 g/mol. The van der Waals surface area contributed by atoms with Gasteiger partial charge in [0.1, 0.15) is 12.5 Å². The highest BCUT2D eigenvalue weighted by Crippen LogP contribution is 2.34. The zero-order chi connectivity index (χ0) is 15.7. The number of carboxylic acids is 1. The maximum absolute atomic E-state index is 12.2.